The highest BCUT2D eigenvalue weighted by molar-refractivity contribution is 5.80. The van der Waals surface area contributed by atoms with E-state index in [4.69, 9.17) is 0 Å². The van der Waals surface area contributed by atoms with Gasteiger partial charge in [0.2, 0.25) is 0 Å². The van der Waals surface area contributed by atoms with Crippen molar-refractivity contribution in [2.45, 2.75) is 5.92 Å². The van der Waals surface area contributed by atoms with E-state index in [9.17, 15) is 0 Å². The van der Waals surface area contributed by atoms with Crippen LogP contribution in [0.3, 0.4) is 0 Å². The molecule has 0 N–H and O–H groups in total. The minimum atomic E-state index is 0.280. The summed E-state index contributed by atoms with van der Waals surface area (Å²) in [6.45, 7) is 7.76. The highest BCUT2D eigenvalue weighted by Gasteiger charge is 2.29. The Morgan fingerprint density at radius 1 is 0.842 bits per heavy atom. The topological polar surface area (TPSA) is 0 Å². The van der Waals surface area contributed by atoms with Gasteiger partial charge in [-0.2, -0.15) is 0 Å². The molecule has 1 aliphatic carbocycles. The molecule has 2 aromatic carbocycles. The first-order valence-corrected chi connectivity index (χ1v) is 6.50. The summed E-state index contributed by atoms with van der Waals surface area (Å²) in [5.74, 6) is 0.280. The summed E-state index contributed by atoms with van der Waals surface area (Å²) in [4.78, 5) is 0. The summed E-state index contributed by atoms with van der Waals surface area (Å²) in [7, 11) is 0. The van der Waals surface area contributed by atoms with Crippen molar-refractivity contribution in [3.63, 3.8) is 0 Å². The molecule has 0 fully saturated rings. The first kappa shape index (κ1) is 11.7. The van der Waals surface area contributed by atoms with Gasteiger partial charge in [0.05, 0.1) is 0 Å². The summed E-state index contributed by atoms with van der Waals surface area (Å²) in [5, 5.41) is 0. The van der Waals surface area contributed by atoms with Crippen LogP contribution in [-0.4, -0.2) is 0 Å². The normalized spacial score (nSPS) is 13.8. The lowest BCUT2D eigenvalue weighted by Gasteiger charge is -2.14. The molecule has 0 bridgehead atoms. The zero-order valence-corrected chi connectivity index (χ0v) is 10.8. The fourth-order valence-electron chi connectivity index (χ4n) is 2.93. The van der Waals surface area contributed by atoms with Crippen LogP contribution in [0.25, 0.3) is 11.1 Å². The molecule has 19 heavy (non-hydrogen) atoms. The van der Waals surface area contributed by atoms with Crippen molar-refractivity contribution in [3.05, 3.63) is 96.6 Å². The third-order valence-electron chi connectivity index (χ3n) is 3.71. The number of allylic oxidation sites excluding steroid dienone is 4. The lowest BCUT2D eigenvalue weighted by Crippen LogP contribution is -1.98. The van der Waals surface area contributed by atoms with Gasteiger partial charge in [-0.3, -0.25) is 0 Å². The lowest BCUT2D eigenvalue weighted by molar-refractivity contribution is 1.02. The fourth-order valence-corrected chi connectivity index (χ4v) is 2.93. The molecule has 1 aliphatic rings. The lowest BCUT2D eigenvalue weighted by atomic mass is 9.89. The second-order valence-electron chi connectivity index (χ2n) is 4.71. The van der Waals surface area contributed by atoms with Gasteiger partial charge in [0.15, 0.2) is 0 Å². The first-order valence-electron chi connectivity index (χ1n) is 6.50. The molecule has 0 saturated carbocycles. The number of hydrogen-bond donors (Lipinski definition) is 0. The van der Waals surface area contributed by atoms with Gasteiger partial charge in [-0.1, -0.05) is 79.9 Å². The van der Waals surface area contributed by atoms with Crippen LogP contribution in [-0.2, 0) is 0 Å². The Morgan fingerprint density at radius 2 is 1.37 bits per heavy atom. The van der Waals surface area contributed by atoms with Gasteiger partial charge >= 0.3 is 0 Å². The maximum Gasteiger partial charge on any atom is 0.0352 e. The van der Waals surface area contributed by atoms with E-state index in [-0.39, 0.29) is 5.92 Å². The van der Waals surface area contributed by atoms with Gasteiger partial charge in [0, 0.05) is 5.92 Å². The molecule has 0 heteroatoms. The number of hydrogen-bond acceptors (Lipinski definition) is 0. The van der Waals surface area contributed by atoms with E-state index < -0.39 is 0 Å². The molecule has 0 unspecified atom stereocenters. The third-order valence-corrected chi connectivity index (χ3v) is 3.71. The van der Waals surface area contributed by atoms with E-state index in [0.717, 1.165) is 0 Å². The van der Waals surface area contributed by atoms with Crippen molar-refractivity contribution < 1.29 is 0 Å². The van der Waals surface area contributed by atoms with Crippen molar-refractivity contribution in [2.24, 2.45) is 0 Å². The van der Waals surface area contributed by atoms with Crippen LogP contribution in [0.4, 0.5) is 0 Å². The quantitative estimate of drug-likeness (QED) is 0.659. The van der Waals surface area contributed by atoms with Gasteiger partial charge in [0.1, 0.15) is 0 Å². The second-order valence-corrected chi connectivity index (χ2v) is 4.71. The minimum absolute atomic E-state index is 0.280. The molecule has 0 aromatic heterocycles. The van der Waals surface area contributed by atoms with Crippen LogP contribution in [0, 0.1) is 0 Å². The Balaban J connectivity index is 2.28. The Morgan fingerprint density at radius 3 is 1.84 bits per heavy atom. The molecule has 0 saturated heterocycles. The molecule has 0 atom stereocenters. The molecular formula is C19H16. The zero-order valence-electron chi connectivity index (χ0n) is 10.8. The Labute approximate surface area is 114 Å². The second kappa shape index (κ2) is 4.74. The first-order chi connectivity index (χ1) is 9.36. The number of benzene rings is 2. The molecule has 0 aliphatic heterocycles. The van der Waals surface area contributed by atoms with Crippen LogP contribution < -0.4 is 0 Å². The van der Waals surface area contributed by atoms with E-state index in [1.54, 1.807) is 0 Å². The van der Waals surface area contributed by atoms with Crippen molar-refractivity contribution in [1.82, 2.24) is 0 Å². The fraction of sp³-hybridized carbons (Fsp3) is 0.0526. The van der Waals surface area contributed by atoms with Crippen LogP contribution in [0.2, 0.25) is 0 Å². The zero-order chi connectivity index (χ0) is 13.2. The third kappa shape index (κ3) is 1.77. The van der Waals surface area contributed by atoms with Gasteiger partial charge in [-0.15, -0.1) is 0 Å². The van der Waals surface area contributed by atoms with Crippen molar-refractivity contribution >= 4 is 0 Å². The van der Waals surface area contributed by atoms with Crippen molar-refractivity contribution in [2.75, 3.05) is 0 Å². The molecular weight excluding hydrogens is 228 g/mol. The van der Waals surface area contributed by atoms with Crippen LogP contribution in [0.5, 0.6) is 0 Å². The van der Waals surface area contributed by atoms with Crippen molar-refractivity contribution in [3.8, 4) is 11.1 Å². The Hall–Kier alpha value is -2.34. The van der Waals surface area contributed by atoms with Gasteiger partial charge in [0.25, 0.3) is 0 Å². The van der Waals surface area contributed by atoms with Crippen LogP contribution in [0.1, 0.15) is 17.0 Å². The van der Waals surface area contributed by atoms with E-state index >= 15 is 0 Å². The summed E-state index contributed by atoms with van der Waals surface area (Å²) in [5.41, 5.74) is 6.58. The molecule has 0 nitrogen and oxygen atoms in total. The van der Waals surface area contributed by atoms with E-state index in [1.807, 2.05) is 12.2 Å². The SMILES string of the molecule is C=C/C=C(\C=C)C1c2ccccc2-c2ccccc21. The van der Waals surface area contributed by atoms with Gasteiger partial charge in [-0.25, -0.2) is 0 Å². The molecule has 0 spiro atoms. The highest BCUT2D eigenvalue weighted by atomic mass is 14.3. The monoisotopic (exact) mass is 244 g/mol. The minimum Gasteiger partial charge on any atom is -0.0991 e. The van der Waals surface area contributed by atoms with E-state index in [2.05, 4.69) is 67.8 Å². The standard InChI is InChI=1S/C19H16/c1-3-9-14(4-2)19-17-12-7-5-10-15(17)16-11-6-8-13-18(16)19/h3-13,19H,1-2H2/b14-9+. The predicted molar refractivity (Wildman–Crippen MR) is 82.2 cm³/mol. The van der Waals surface area contributed by atoms with E-state index in [0.29, 0.717) is 0 Å². The Bertz CT molecular complexity index is 628. The number of rotatable bonds is 3. The molecule has 3 rings (SSSR count). The predicted octanol–water partition coefficient (Wildman–Crippen LogP) is 5.10. The number of fused-ring (bicyclic) bond motifs is 3. The molecule has 0 heterocycles. The summed E-state index contributed by atoms with van der Waals surface area (Å²) < 4.78 is 0. The maximum absolute atomic E-state index is 3.95. The average molecular weight is 244 g/mol. The summed E-state index contributed by atoms with van der Waals surface area (Å²) >= 11 is 0. The summed E-state index contributed by atoms with van der Waals surface area (Å²) in [6.07, 6.45) is 5.82. The highest BCUT2D eigenvalue weighted by Crippen LogP contribution is 2.47. The van der Waals surface area contributed by atoms with Gasteiger partial charge in [-0.05, 0) is 27.8 Å². The van der Waals surface area contributed by atoms with E-state index in [1.165, 1.54) is 27.8 Å². The summed E-state index contributed by atoms with van der Waals surface area (Å²) in [6, 6.07) is 17.2. The molecule has 92 valence electrons. The van der Waals surface area contributed by atoms with Crippen molar-refractivity contribution in [1.29, 1.82) is 0 Å². The Kier molecular flexibility index (Phi) is 2.92. The molecule has 0 amide bonds. The van der Waals surface area contributed by atoms with Crippen LogP contribution in [0.15, 0.2) is 85.5 Å². The molecule has 2 aromatic rings. The maximum atomic E-state index is 3.95. The average Bonchev–Trinajstić information content (AvgIpc) is 2.80. The largest absolute Gasteiger partial charge is 0.0991 e. The molecule has 0 radical (unpaired) electrons. The smallest absolute Gasteiger partial charge is 0.0352 e. The van der Waals surface area contributed by atoms with Gasteiger partial charge < -0.3 is 0 Å². The van der Waals surface area contributed by atoms with Crippen LogP contribution >= 0.6 is 0 Å².